The first-order chi connectivity index (χ1) is 9.56. The van der Waals surface area contributed by atoms with E-state index in [1.807, 2.05) is 20.8 Å². The molecule has 2 rings (SSSR count). The van der Waals surface area contributed by atoms with E-state index >= 15 is 0 Å². The minimum atomic E-state index is -0.278. The van der Waals surface area contributed by atoms with E-state index in [2.05, 4.69) is 31.2 Å². The Morgan fingerprint density at radius 3 is 2.65 bits per heavy atom. The van der Waals surface area contributed by atoms with Crippen molar-refractivity contribution in [1.82, 2.24) is 9.97 Å². The number of aromatic nitrogens is 2. The van der Waals surface area contributed by atoms with Gasteiger partial charge in [-0.05, 0) is 32.0 Å². The first-order valence-electron chi connectivity index (χ1n) is 6.63. The minimum Gasteiger partial charge on any atom is -0.370 e. The van der Waals surface area contributed by atoms with Crippen molar-refractivity contribution < 1.29 is 4.39 Å². The summed E-state index contributed by atoms with van der Waals surface area (Å²) in [6.07, 6.45) is 0.710. The Kier molecular flexibility index (Phi) is 4.70. The molecule has 1 heterocycles. The Hall–Kier alpha value is -1.49. The second-order valence-corrected chi connectivity index (χ2v) is 5.39. The molecule has 0 aliphatic heterocycles. The van der Waals surface area contributed by atoms with Gasteiger partial charge in [0.05, 0.1) is 5.69 Å². The first kappa shape index (κ1) is 14.9. The van der Waals surface area contributed by atoms with Crippen molar-refractivity contribution in [3.63, 3.8) is 0 Å². The first-order valence-corrected chi connectivity index (χ1v) is 7.42. The summed E-state index contributed by atoms with van der Waals surface area (Å²) in [5, 5.41) is 3.21. The molecule has 0 atom stereocenters. The van der Waals surface area contributed by atoms with Crippen LogP contribution in [-0.2, 0) is 6.42 Å². The van der Waals surface area contributed by atoms with E-state index in [1.54, 1.807) is 12.1 Å². The highest BCUT2D eigenvalue weighted by molar-refractivity contribution is 9.10. The van der Waals surface area contributed by atoms with Crippen molar-refractivity contribution in [3.8, 4) is 11.3 Å². The molecular weight excluding hydrogens is 321 g/mol. The summed E-state index contributed by atoms with van der Waals surface area (Å²) in [5.74, 6) is 1.20. The molecule has 106 valence electrons. The normalized spacial score (nSPS) is 10.7. The second kappa shape index (κ2) is 6.31. The van der Waals surface area contributed by atoms with Crippen molar-refractivity contribution in [1.29, 1.82) is 0 Å². The maximum absolute atomic E-state index is 14.1. The molecule has 1 aromatic carbocycles. The summed E-state index contributed by atoms with van der Waals surface area (Å²) >= 11 is 3.38. The molecule has 0 unspecified atom stereocenters. The fraction of sp³-hybridized carbons (Fsp3) is 0.333. The molecule has 1 N–H and O–H groups in total. The van der Waals surface area contributed by atoms with Gasteiger partial charge in [-0.3, -0.25) is 0 Å². The largest absolute Gasteiger partial charge is 0.370 e. The topological polar surface area (TPSA) is 37.8 Å². The molecule has 1 aromatic heterocycles. The standard InChI is InChI=1S/C15H17BrFN3/c1-4-13-19-14(9(3)15(20-13)18-5-2)11-8-10(16)6-7-12(11)17/h6-8H,4-5H2,1-3H3,(H,18,19,20). The van der Waals surface area contributed by atoms with Crippen LogP contribution in [0.1, 0.15) is 25.2 Å². The Morgan fingerprint density at radius 1 is 1.25 bits per heavy atom. The predicted molar refractivity (Wildman–Crippen MR) is 83.4 cm³/mol. The van der Waals surface area contributed by atoms with E-state index in [9.17, 15) is 4.39 Å². The Bertz CT molecular complexity index is 629. The molecule has 3 nitrogen and oxygen atoms in total. The average Bonchev–Trinajstić information content (AvgIpc) is 2.44. The number of benzene rings is 1. The van der Waals surface area contributed by atoms with Crippen LogP contribution in [-0.4, -0.2) is 16.5 Å². The van der Waals surface area contributed by atoms with Crippen LogP contribution < -0.4 is 5.32 Å². The van der Waals surface area contributed by atoms with Gasteiger partial charge in [-0.2, -0.15) is 0 Å². The van der Waals surface area contributed by atoms with Crippen LogP contribution >= 0.6 is 15.9 Å². The van der Waals surface area contributed by atoms with E-state index in [0.29, 0.717) is 23.5 Å². The average molecular weight is 338 g/mol. The molecule has 20 heavy (non-hydrogen) atoms. The Morgan fingerprint density at radius 2 is 2.00 bits per heavy atom. The maximum Gasteiger partial charge on any atom is 0.133 e. The van der Waals surface area contributed by atoms with Crippen molar-refractivity contribution in [2.24, 2.45) is 0 Å². The lowest BCUT2D eigenvalue weighted by atomic mass is 10.1. The van der Waals surface area contributed by atoms with Crippen molar-refractivity contribution in [3.05, 3.63) is 39.9 Å². The molecule has 5 heteroatoms. The number of nitrogens with one attached hydrogen (secondary N) is 1. The van der Waals surface area contributed by atoms with Crippen molar-refractivity contribution in [2.45, 2.75) is 27.2 Å². The molecule has 0 saturated carbocycles. The number of anilines is 1. The predicted octanol–water partition coefficient (Wildman–Crippen LogP) is 4.35. The Labute approximate surface area is 126 Å². The van der Waals surface area contributed by atoms with Gasteiger partial charge in [0.1, 0.15) is 17.5 Å². The van der Waals surface area contributed by atoms with Gasteiger partial charge < -0.3 is 5.32 Å². The lowest BCUT2D eigenvalue weighted by molar-refractivity contribution is 0.630. The molecular formula is C15H17BrFN3. The van der Waals surface area contributed by atoms with Gasteiger partial charge >= 0.3 is 0 Å². The van der Waals surface area contributed by atoms with Crippen LogP contribution in [0.25, 0.3) is 11.3 Å². The quantitative estimate of drug-likeness (QED) is 0.901. The molecule has 0 spiro atoms. The van der Waals surface area contributed by atoms with Gasteiger partial charge in [-0.25, -0.2) is 14.4 Å². The zero-order valence-corrected chi connectivity index (χ0v) is 13.4. The van der Waals surface area contributed by atoms with Gasteiger partial charge in [0.15, 0.2) is 0 Å². The summed E-state index contributed by atoms with van der Waals surface area (Å²) < 4.78 is 14.9. The van der Waals surface area contributed by atoms with E-state index in [4.69, 9.17) is 0 Å². The number of halogens is 2. The zero-order valence-electron chi connectivity index (χ0n) is 11.8. The molecule has 0 amide bonds. The van der Waals surface area contributed by atoms with Gasteiger partial charge in [0.2, 0.25) is 0 Å². The monoisotopic (exact) mass is 337 g/mol. The molecule has 2 aromatic rings. The zero-order chi connectivity index (χ0) is 14.7. The maximum atomic E-state index is 14.1. The number of aryl methyl sites for hydroxylation is 1. The second-order valence-electron chi connectivity index (χ2n) is 4.47. The van der Waals surface area contributed by atoms with Crippen LogP contribution in [0.15, 0.2) is 22.7 Å². The number of hydrogen-bond donors (Lipinski definition) is 1. The molecule has 0 bridgehead atoms. The molecule has 0 saturated heterocycles. The van der Waals surface area contributed by atoms with Crippen LogP contribution in [0.3, 0.4) is 0 Å². The van der Waals surface area contributed by atoms with E-state index in [-0.39, 0.29) is 5.82 Å². The van der Waals surface area contributed by atoms with Crippen LogP contribution in [0.2, 0.25) is 0 Å². The van der Waals surface area contributed by atoms with Crippen molar-refractivity contribution in [2.75, 3.05) is 11.9 Å². The smallest absolute Gasteiger partial charge is 0.133 e. The fourth-order valence-electron chi connectivity index (χ4n) is 2.00. The molecule has 0 aliphatic rings. The van der Waals surface area contributed by atoms with Crippen molar-refractivity contribution >= 4 is 21.7 Å². The number of hydrogen-bond acceptors (Lipinski definition) is 3. The third kappa shape index (κ3) is 2.98. The lowest BCUT2D eigenvalue weighted by Gasteiger charge is -2.13. The highest BCUT2D eigenvalue weighted by Crippen LogP contribution is 2.30. The summed E-state index contributed by atoms with van der Waals surface area (Å²) in [4.78, 5) is 8.96. The summed E-state index contributed by atoms with van der Waals surface area (Å²) in [6, 6.07) is 4.88. The van der Waals surface area contributed by atoms with E-state index in [1.165, 1.54) is 6.07 Å². The van der Waals surface area contributed by atoms with Gasteiger partial charge in [-0.1, -0.05) is 22.9 Å². The highest BCUT2D eigenvalue weighted by Gasteiger charge is 2.15. The SMILES string of the molecule is CCNc1nc(CC)nc(-c2cc(Br)ccc2F)c1C. The summed E-state index contributed by atoms with van der Waals surface area (Å²) in [6.45, 7) is 6.67. The van der Waals surface area contributed by atoms with Gasteiger partial charge in [-0.15, -0.1) is 0 Å². The van der Waals surface area contributed by atoms with E-state index < -0.39 is 0 Å². The number of rotatable bonds is 4. The number of nitrogens with zero attached hydrogens (tertiary/aromatic N) is 2. The third-order valence-corrected chi connectivity index (χ3v) is 3.53. The molecule has 0 radical (unpaired) electrons. The fourth-order valence-corrected chi connectivity index (χ4v) is 2.36. The summed E-state index contributed by atoms with van der Waals surface area (Å²) in [7, 11) is 0. The van der Waals surface area contributed by atoms with E-state index in [0.717, 1.165) is 22.4 Å². The van der Waals surface area contributed by atoms with Gasteiger partial charge in [0.25, 0.3) is 0 Å². The summed E-state index contributed by atoms with van der Waals surface area (Å²) in [5.41, 5.74) is 2.00. The van der Waals surface area contributed by atoms with Crippen LogP contribution in [0, 0.1) is 12.7 Å². The van der Waals surface area contributed by atoms with Gasteiger partial charge in [0, 0.05) is 28.6 Å². The van der Waals surface area contributed by atoms with Crippen LogP contribution in [0.4, 0.5) is 10.2 Å². The minimum absolute atomic E-state index is 0.278. The third-order valence-electron chi connectivity index (χ3n) is 3.04. The van der Waals surface area contributed by atoms with Crippen LogP contribution in [0.5, 0.6) is 0 Å². The molecule has 0 fully saturated rings. The lowest BCUT2D eigenvalue weighted by Crippen LogP contribution is -2.08. The highest BCUT2D eigenvalue weighted by atomic mass is 79.9. The molecule has 0 aliphatic carbocycles. The Balaban J connectivity index is 2.65.